The number of carboxylic acids is 1. The minimum atomic E-state index is -0.689. The molecule has 0 spiro atoms. The number of carboxylic acid groups (broad SMARTS) is 1. The van der Waals surface area contributed by atoms with Crippen molar-refractivity contribution < 1.29 is 9.90 Å². The van der Waals surface area contributed by atoms with Gasteiger partial charge in [-0.15, -0.1) is 0 Å². The minimum Gasteiger partial charge on any atom is -0.481 e. The van der Waals surface area contributed by atoms with Gasteiger partial charge in [0.05, 0.1) is 0 Å². The van der Waals surface area contributed by atoms with Crippen LogP contribution in [-0.2, 0) is 4.79 Å². The Balaban J connectivity index is 3.35. The molecule has 0 bridgehead atoms. The third kappa shape index (κ3) is 28.2. The number of hydrogen-bond donors (Lipinski definition) is 1. The normalized spacial score (nSPS) is 9.71. The zero-order valence-corrected chi connectivity index (χ0v) is 20.2. The molecule has 0 saturated carbocycles. The van der Waals surface area contributed by atoms with Crippen LogP contribution in [0.2, 0.25) is 0 Å². The van der Waals surface area contributed by atoms with E-state index in [1.54, 1.807) is 0 Å². The third-order valence-electron chi connectivity index (χ3n) is 5.46. The average Bonchev–Trinajstić information content (AvgIpc) is 2.76. The van der Waals surface area contributed by atoms with Crippen LogP contribution in [0.15, 0.2) is 0 Å². The Hall–Kier alpha value is -1.85. The van der Waals surface area contributed by atoms with E-state index in [2.05, 4.69) is 42.4 Å². The molecule has 2 nitrogen and oxygen atoms in total. The van der Waals surface area contributed by atoms with Crippen molar-refractivity contribution in [1.29, 1.82) is 0 Å². The molecule has 0 unspecified atom stereocenters. The largest absolute Gasteiger partial charge is 0.481 e. The van der Waals surface area contributed by atoms with E-state index in [1.165, 1.54) is 77.0 Å². The fraction of sp³-hybridized carbons (Fsp3) is 0.759. The number of aliphatic carboxylic acids is 1. The Morgan fingerprint density at radius 1 is 0.516 bits per heavy atom. The Morgan fingerprint density at radius 2 is 0.871 bits per heavy atom. The van der Waals surface area contributed by atoms with Gasteiger partial charge < -0.3 is 5.11 Å². The lowest BCUT2D eigenvalue weighted by molar-refractivity contribution is -0.137. The molecule has 0 radical (unpaired) electrons. The molecule has 0 heterocycles. The van der Waals surface area contributed by atoms with Crippen LogP contribution in [0.5, 0.6) is 0 Å². The smallest absolute Gasteiger partial charge is 0.303 e. The Kier molecular flexibility index (Phi) is 24.6. The molecular weight excluding hydrogens is 380 g/mol. The Labute approximate surface area is 193 Å². The average molecular weight is 427 g/mol. The summed E-state index contributed by atoms with van der Waals surface area (Å²) in [5.74, 6) is 17.0. The van der Waals surface area contributed by atoms with Gasteiger partial charge >= 0.3 is 5.97 Å². The summed E-state index contributed by atoms with van der Waals surface area (Å²) in [6.45, 7) is 2.28. The van der Waals surface area contributed by atoms with E-state index < -0.39 is 5.97 Å². The van der Waals surface area contributed by atoms with E-state index in [4.69, 9.17) is 5.11 Å². The number of carbonyl (C=O) groups is 1. The van der Waals surface area contributed by atoms with Crippen LogP contribution in [0.4, 0.5) is 0 Å². The molecule has 0 fully saturated rings. The topological polar surface area (TPSA) is 37.3 Å². The molecule has 0 aliphatic rings. The molecule has 0 aliphatic heterocycles. The highest BCUT2D eigenvalue weighted by Gasteiger charge is 1.96. The van der Waals surface area contributed by atoms with Gasteiger partial charge in [-0.1, -0.05) is 115 Å². The first-order valence-electron chi connectivity index (χ1n) is 12.9. The van der Waals surface area contributed by atoms with Crippen LogP contribution in [-0.4, -0.2) is 11.1 Å². The van der Waals surface area contributed by atoms with E-state index in [9.17, 15) is 4.79 Å². The first-order chi connectivity index (χ1) is 15.3. The first kappa shape index (κ1) is 29.1. The second-order valence-electron chi connectivity index (χ2n) is 8.51. The summed E-state index contributed by atoms with van der Waals surface area (Å²) in [7, 11) is 0. The third-order valence-corrected chi connectivity index (χ3v) is 5.46. The molecule has 0 atom stereocenters. The zero-order chi connectivity index (χ0) is 22.7. The van der Waals surface area contributed by atoms with Gasteiger partial charge in [-0.25, -0.2) is 0 Å². The van der Waals surface area contributed by atoms with Gasteiger partial charge in [-0.2, -0.15) is 0 Å². The van der Waals surface area contributed by atoms with Crippen LogP contribution in [0, 0.1) is 35.5 Å². The summed E-state index contributed by atoms with van der Waals surface area (Å²) in [6.07, 6.45) is 25.0. The predicted molar refractivity (Wildman–Crippen MR) is 134 cm³/mol. The molecule has 31 heavy (non-hydrogen) atoms. The summed E-state index contributed by atoms with van der Waals surface area (Å²) >= 11 is 0. The van der Waals surface area contributed by atoms with Gasteiger partial charge in [0.25, 0.3) is 0 Å². The summed E-state index contributed by atoms with van der Waals surface area (Å²) < 4.78 is 0. The fourth-order valence-electron chi connectivity index (χ4n) is 3.53. The van der Waals surface area contributed by atoms with Crippen molar-refractivity contribution in [3.63, 3.8) is 0 Å². The van der Waals surface area contributed by atoms with Crippen LogP contribution >= 0.6 is 0 Å². The summed E-state index contributed by atoms with van der Waals surface area (Å²) in [5, 5.41) is 8.57. The number of unbranched alkanes of at least 4 members (excludes halogenated alkanes) is 18. The van der Waals surface area contributed by atoms with Crippen molar-refractivity contribution in [2.75, 3.05) is 0 Å². The molecule has 174 valence electrons. The van der Waals surface area contributed by atoms with Crippen LogP contribution in [0.3, 0.4) is 0 Å². The highest BCUT2D eigenvalue weighted by Crippen LogP contribution is 2.12. The van der Waals surface area contributed by atoms with Crippen molar-refractivity contribution in [1.82, 2.24) is 0 Å². The van der Waals surface area contributed by atoms with Gasteiger partial charge in [-0.05, 0) is 42.9 Å². The standard InChI is InChI=1S/C29H46O2/c1-2-3-4-5-6-7-8-9-10-11-12-13-14-15-16-17-18-19-20-21-22-23-24-25-26-27-28-29(30)31/h2-14,21-28H2,1H3,(H,30,31). The summed E-state index contributed by atoms with van der Waals surface area (Å²) in [5.41, 5.74) is 0. The summed E-state index contributed by atoms with van der Waals surface area (Å²) in [6, 6.07) is 0. The summed E-state index contributed by atoms with van der Waals surface area (Å²) in [4.78, 5) is 10.4. The molecule has 2 heteroatoms. The van der Waals surface area contributed by atoms with Gasteiger partial charge in [0.2, 0.25) is 0 Å². The van der Waals surface area contributed by atoms with E-state index >= 15 is 0 Å². The quantitative estimate of drug-likeness (QED) is 0.157. The molecule has 0 aromatic heterocycles. The maximum Gasteiger partial charge on any atom is 0.303 e. The van der Waals surface area contributed by atoms with E-state index in [1.807, 2.05) is 0 Å². The van der Waals surface area contributed by atoms with Crippen LogP contribution < -0.4 is 0 Å². The number of rotatable bonds is 20. The van der Waals surface area contributed by atoms with Gasteiger partial charge in [0, 0.05) is 19.3 Å². The molecule has 0 rings (SSSR count). The Morgan fingerprint density at radius 3 is 1.26 bits per heavy atom. The van der Waals surface area contributed by atoms with Crippen molar-refractivity contribution in [3.8, 4) is 35.5 Å². The van der Waals surface area contributed by atoms with E-state index in [-0.39, 0.29) is 0 Å². The van der Waals surface area contributed by atoms with Crippen molar-refractivity contribution in [2.45, 2.75) is 142 Å². The lowest BCUT2D eigenvalue weighted by Gasteiger charge is -2.01. The minimum absolute atomic E-state index is 0.298. The van der Waals surface area contributed by atoms with Crippen LogP contribution in [0.1, 0.15) is 142 Å². The van der Waals surface area contributed by atoms with Gasteiger partial charge in [0.15, 0.2) is 0 Å². The molecule has 0 amide bonds. The fourth-order valence-corrected chi connectivity index (χ4v) is 3.53. The van der Waals surface area contributed by atoms with Crippen LogP contribution in [0.25, 0.3) is 0 Å². The van der Waals surface area contributed by atoms with E-state index in [0.29, 0.717) is 6.42 Å². The van der Waals surface area contributed by atoms with Crippen molar-refractivity contribution in [2.24, 2.45) is 0 Å². The SMILES string of the molecule is CCCCCCCCCCCCCCC#CC#CC#CCCCCCCCCC(=O)O. The lowest BCUT2D eigenvalue weighted by atomic mass is 10.0. The highest BCUT2D eigenvalue weighted by molar-refractivity contribution is 5.66. The van der Waals surface area contributed by atoms with Crippen molar-refractivity contribution in [3.05, 3.63) is 0 Å². The molecular formula is C29H46O2. The zero-order valence-electron chi connectivity index (χ0n) is 20.2. The van der Waals surface area contributed by atoms with Gasteiger partial charge in [-0.3, -0.25) is 4.79 Å². The second-order valence-corrected chi connectivity index (χ2v) is 8.51. The van der Waals surface area contributed by atoms with Gasteiger partial charge in [0.1, 0.15) is 0 Å². The maximum atomic E-state index is 10.4. The second kappa shape index (κ2) is 26.2. The maximum absolute atomic E-state index is 10.4. The lowest BCUT2D eigenvalue weighted by Crippen LogP contribution is -1.93. The highest BCUT2D eigenvalue weighted by atomic mass is 16.4. The molecule has 0 aliphatic carbocycles. The predicted octanol–water partition coefficient (Wildman–Crippen LogP) is 8.29. The van der Waals surface area contributed by atoms with E-state index in [0.717, 1.165) is 51.4 Å². The molecule has 0 saturated heterocycles. The molecule has 0 aromatic rings. The van der Waals surface area contributed by atoms with Crippen molar-refractivity contribution >= 4 is 5.97 Å². The molecule has 1 N–H and O–H groups in total. The molecule has 0 aromatic carbocycles. The first-order valence-corrected chi connectivity index (χ1v) is 12.9. The number of hydrogen-bond acceptors (Lipinski definition) is 1. The Bertz CT molecular complexity index is 585. The monoisotopic (exact) mass is 426 g/mol.